The second kappa shape index (κ2) is 17.1. The van der Waals surface area contributed by atoms with Crippen LogP contribution in [0.25, 0.3) is 10.9 Å². The van der Waals surface area contributed by atoms with E-state index >= 15 is 0 Å². The molecule has 0 bridgehead atoms. The van der Waals surface area contributed by atoms with Gasteiger partial charge in [0.2, 0.25) is 11.8 Å². The molecule has 55 heavy (non-hydrogen) atoms. The topological polar surface area (TPSA) is 192 Å². The maximum absolute atomic E-state index is 14.7. The van der Waals surface area contributed by atoms with E-state index in [1.807, 2.05) is 18.6 Å². The number of amides is 4. The monoisotopic (exact) mass is 807 g/mol. The predicted octanol–water partition coefficient (Wildman–Crippen LogP) is 5.18. The molecule has 1 saturated heterocycles. The van der Waals surface area contributed by atoms with Crippen molar-refractivity contribution in [3.63, 3.8) is 0 Å². The molecule has 0 radical (unpaired) electrons. The van der Waals surface area contributed by atoms with Crippen molar-refractivity contribution in [3.05, 3.63) is 29.4 Å². The van der Waals surface area contributed by atoms with Crippen molar-refractivity contribution in [2.75, 3.05) is 13.7 Å². The highest BCUT2D eigenvalue weighted by Crippen LogP contribution is 2.37. The number of halogens is 1. The molecule has 1 aromatic carbocycles. The van der Waals surface area contributed by atoms with Crippen molar-refractivity contribution in [2.24, 2.45) is 11.3 Å². The Labute approximate surface area is 328 Å². The number of alkyl carbamates (subject to hydrolysis) is 1. The van der Waals surface area contributed by atoms with Gasteiger partial charge in [0.05, 0.1) is 25.3 Å². The van der Waals surface area contributed by atoms with Gasteiger partial charge in [0.1, 0.15) is 46.4 Å². The van der Waals surface area contributed by atoms with E-state index in [4.69, 9.17) is 30.0 Å². The first-order chi connectivity index (χ1) is 25.9. The third-order valence-corrected chi connectivity index (χ3v) is 12.1. The largest absolute Gasteiger partial charge is 0.495 e. The number of carbonyl (C=O) groups is 4. The van der Waals surface area contributed by atoms with E-state index in [1.165, 1.54) is 25.1 Å². The molecule has 1 aromatic heterocycles. The molecule has 3 aliphatic rings. The summed E-state index contributed by atoms with van der Waals surface area (Å²) in [5, 5.41) is 6.48. The van der Waals surface area contributed by atoms with E-state index in [0.717, 1.165) is 25.7 Å². The van der Waals surface area contributed by atoms with Gasteiger partial charge in [-0.15, -0.1) is 0 Å². The minimum Gasteiger partial charge on any atom is -0.495 e. The van der Waals surface area contributed by atoms with E-state index in [9.17, 15) is 27.6 Å². The van der Waals surface area contributed by atoms with Gasteiger partial charge in [-0.05, 0) is 75.0 Å². The molecule has 2 aliphatic carbocycles. The van der Waals surface area contributed by atoms with Crippen molar-refractivity contribution >= 4 is 56.6 Å². The highest BCUT2D eigenvalue weighted by Gasteiger charge is 2.50. The van der Waals surface area contributed by atoms with Crippen molar-refractivity contribution in [3.8, 4) is 11.5 Å². The average molecular weight is 808 g/mol. The molecule has 1 unspecified atom stereocenters. The first kappa shape index (κ1) is 42.3. The highest BCUT2D eigenvalue weighted by atomic mass is 35.5. The molecule has 4 amide bonds. The van der Waals surface area contributed by atoms with Gasteiger partial charge in [-0.1, -0.05) is 59.1 Å². The Morgan fingerprint density at radius 2 is 1.64 bits per heavy atom. The van der Waals surface area contributed by atoms with Crippen molar-refractivity contribution < 1.29 is 46.0 Å². The maximum atomic E-state index is 14.7. The molecule has 3 fully saturated rings. The standard InChI is InChI=1S/C38H54ClN5O10S/c1-8-22(9-2)38(6,35(47)43-55(49,50)54-24-14-15-24)42-33(45)27-20-25(52-28-18-19-40-31-26(28)16-17-29(51-7)30(31)39)21-44(27)34(46)32(37(3,4)5)41-36(48)53-23-12-10-11-13-23/h16-19,22-25,27,32H,8-15,20-21H2,1-7H3,(H,41,48)(H,42,45)(H,43,47)/t25-,27?,32-,38-/m1/s1. The van der Waals surface area contributed by atoms with Crippen LogP contribution in [0.4, 0.5) is 4.79 Å². The van der Waals surface area contributed by atoms with Gasteiger partial charge in [-0.2, -0.15) is 8.42 Å². The zero-order chi connectivity index (χ0) is 40.3. The van der Waals surface area contributed by atoms with Crippen molar-refractivity contribution in [1.29, 1.82) is 0 Å². The summed E-state index contributed by atoms with van der Waals surface area (Å²) in [6.07, 6.45) is 4.68. The third-order valence-electron chi connectivity index (χ3n) is 10.8. The summed E-state index contributed by atoms with van der Waals surface area (Å²) in [6.45, 7) is 10.5. The predicted molar refractivity (Wildman–Crippen MR) is 205 cm³/mol. The second-order valence-electron chi connectivity index (χ2n) is 15.9. The fourth-order valence-electron chi connectivity index (χ4n) is 7.45. The molecule has 4 atom stereocenters. The number of pyridine rings is 1. The number of hydrogen-bond acceptors (Lipinski definition) is 11. The number of aromatic nitrogens is 1. The van der Waals surface area contributed by atoms with Gasteiger partial charge < -0.3 is 29.7 Å². The lowest BCUT2D eigenvalue weighted by molar-refractivity contribution is -0.144. The zero-order valence-electron chi connectivity index (χ0n) is 32.6. The number of likely N-dealkylation sites (tertiary alicyclic amines) is 1. The number of rotatable bonds is 15. The number of ether oxygens (including phenoxy) is 3. The van der Waals surface area contributed by atoms with Crippen LogP contribution in [-0.2, 0) is 33.6 Å². The van der Waals surface area contributed by atoms with Gasteiger partial charge in [0.15, 0.2) is 0 Å². The number of hydrogen-bond donors (Lipinski definition) is 3. The second-order valence-corrected chi connectivity index (χ2v) is 17.6. The smallest absolute Gasteiger partial charge is 0.408 e. The molecule has 17 heteroatoms. The normalized spacial score (nSPS) is 20.9. The molecule has 5 rings (SSSR count). The Kier molecular flexibility index (Phi) is 13.1. The summed E-state index contributed by atoms with van der Waals surface area (Å²) in [5.74, 6) is -1.87. The summed E-state index contributed by atoms with van der Waals surface area (Å²) in [5.41, 5.74) is -2.11. The van der Waals surface area contributed by atoms with Gasteiger partial charge in [-0.3, -0.25) is 23.6 Å². The average Bonchev–Trinajstić information content (AvgIpc) is 3.57. The minimum atomic E-state index is -4.46. The highest BCUT2D eigenvalue weighted by molar-refractivity contribution is 7.85. The quantitative estimate of drug-likeness (QED) is 0.215. The van der Waals surface area contributed by atoms with Crippen LogP contribution in [0.1, 0.15) is 99.3 Å². The van der Waals surface area contributed by atoms with Crippen LogP contribution in [0.3, 0.4) is 0 Å². The molecule has 304 valence electrons. The van der Waals surface area contributed by atoms with Crippen molar-refractivity contribution in [2.45, 2.75) is 135 Å². The fraction of sp³-hybridized carbons (Fsp3) is 0.658. The number of nitrogens with one attached hydrogen (secondary N) is 3. The summed E-state index contributed by atoms with van der Waals surface area (Å²) >= 11 is 6.56. The van der Waals surface area contributed by atoms with Gasteiger partial charge >= 0.3 is 16.4 Å². The molecule has 2 heterocycles. The Morgan fingerprint density at radius 3 is 2.24 bits per heavy atom. The van der Waals surface area contributed by atoms with E-state index in [2.05, 4.69) is 15.6 Å². The van der Waals surface area contributed by atoms with Crippen LogP contribution in [0.15, 0.2) is 24.4 Å². The summed E-state index contributed by atoms with van der Waals surface area (Å²) < 4.78 is 50.1. The van der Waals surface area contributed by atoms with E-state index < -0.39 is 75.3 Å². The van der Waals surface area contributed by atoms with Crippen LogP contribution in [0.5, 0.6) is 11.5 Å². The van der Waals surface area contributed by atoms with E-state index in [0.29, 0.717) is 48.1 Å². The SMILES string of the molecule is CCC(CC)[C@@](C)(NC(=O)C1C[C@@H](Oc2ccnc3c(Cl)c(OC)ccc23)CN1C(=O)[C@@H](NC(=O)OC1CCCC1)C(C)(C)C)C(=O)NS(=O)(=O)OC1CC1. The van der Waals surface area contributed by atoms with Crippen molar-refractivity contribution in [1.82, 2.24) is 25.2 Å². The zero-order valence-corrected chi connectivity index (χ0v) is 34.2. The molecule has 1 aliphatic heterocycles. The van der Waals surface area contributed by atoms with E-state index in [-0.39, 0.29) is 24.1 Å². The number of nitrogens with zero attached hydrogens (tertiary/aromatic N) is 2. The number of fused-ring (bicyclic) bond motifs is 1. The van der Waals surface area contributed by atoms with Crippen LogP contribution < -0.4 is 24.8 Å². The number of methoxy groups -OCH3 is 1. The van der Waals surface area contributed by atoms with Gasteiger partial charge in [0.25, 0.3) is 5.91 Å². The molecule has 15 nitrogen and oxygen atoms in total. The molecule has 2 aromatic rings. The number of carbonyl (C=O) groups excluding carboxylic acids is 4. The Bertz CT molecular complexity index is 1860. The molecule has 3 N–H and O–H groups in total. The first-order valence-corrected chi connectivity index (χ1v) is 20.8. The number of benzene rings is 1. The van der Waals surface area contributed by atoms with E-state index in [1.54, 1.807) is 39.0 Å². The van der Waals surface area contributed by atoms with Crippen LogP contribution in [0, 0.1) is 11.3 Å². The Morgan fingerprint density at radius 1 is 0.964 bits per heavy atom. The van der Waals surface area contributed by atoms with Gasteiger partial charge in [-0.25, -0.2) is 9.52 Å². The fourth-order valence-corrected chi connectivity index (χ4v) is 8.78. The van der Waals surface area contributed by atoms with Crippen LogP contribution in [0.2, 0.25) is 5.02 Å². The van der Waals surface area contributed by atoms with Crippen LogP contribution >= 0.6 is 11.6 Å². The molecular formula is C38H54ClN5O10S. The lowest BCUT2D eigenvalue weighted by atomic mass is 9.80. The minimum absolute atomic E-state index is 0.00162. The summed E-state index contributed by atoms with van der Waals surface area (Å²) in [6, 6.07) is 2.79. The third kappa shape index (κ3) is 9.92. The Balaban J connectivity index is 1.47. The van der Waals surface area contributed by atoms with Crippen LogP contribution in [-0.4, -0.2) is 91.7 Å². The molecular weight excluding hydrogens is 754 g/mol. The lowest BCUT2D eigenvalue weighted by Gasteiger charge is -2.39. The molecule has 2 saturated carbocycles. The Hall–Kier alpha value is -3.89. The van der Waals surface area contributed by atoms with Gasteiger partial charge in [0, 0.05) is 18.0 Å². The lowest BCUT2D eigenvalue weighted by Crippen LogP contribution is -2.65. The molecule has 0 spiro atoms. The maximum Gasteiger partial charge on any atom is 0.408 e. The summed E-state index contributed by atoms with van der Waals surface area (Å²) in [7, 11) is -2.96. The summed E-state index contributed by atoms with van der Waals surface area (Å²) in [4.78, 5) is 61.9. The first-order valence-electron chi connectivity index (χ1n) is 19.0.